The summed E-state index contributed by atoms with van der Waals surface area (Å²) >= 11 is 1.23. The molecule has 0 atom stereocenters. The minimum atomic E-state index is -0.579. The minimum Gasteiger partial charge on any atom is -0.444 e. The first-order valence-electron chi connectivity index (χ1n) is 5.62. The van der Waals surface area contributed by atoms with E-state index in [0.717, 1.165) is 4.70 Å². The largest absolute Gasteiger partial charge is 0.444 e. The van der Waals surface area contributed by atoms with Crippen LogP contribution in [-0.4, -0.2) is 16.1 Å². The Hall–Kier alpha value is -2.02. The predicted molar refractivity (Wildman–Crippen MR) is 74.9 cm³/mol. The third-order valence-corrected chi connectivity index (χ3v) is 3.00. The lowest BCUT2D eigenvalue weighted by molar-refractivity contribution is 0.0635. The number of nitrogens with zero attached hydrogens (tertiary/aromatic N) is 2. The summed E-state index contributed by atoms with van der Waals surface area (Å²) in [6.07, 6.45) is -0.579. The van der Waals surface area contributed by atoms with Gasteiger partial charge >= 0.3 is 6.09 Å². The van der Waals surface area contributed by atoms with Crippen molar-refractivity contribution < 1.29 is 9.53 Å². The molecule has 0 bridgehead atoms. The van der Waals surface area contributed by atoms with Crippen LogP contribution in [0, 0.1) is 4.91 Å². The third-order valence-electron chi connectivity index (χ3n) is 2.18. The fourth-order valence-corrected chi connectivity index (χ4v) is 2.19. The number of benzene rings is 1. The second-order valence-electron chi connectivity index (χ2n) is 4.93. The molecule has 0 aliphatic carbocycles. The van der Waals surface area contributed by atoms with Gasteiger partial charge in [0.1, 0.15) is 11.3 Å². The second-order valence-corrected chi connectivity index (χ2v) is 5.73. The summed E-state index contributed by atoms with van der Waals surface area (Å²) in [5.74, 6) is 0.375. The molecule has 0 aliphatic heterocycles. The lowest BCUT2D eigenvalue weighted by Crippen LogP contribution is -2.27. The van der Waals surface area contributed by atoms with Crippen molar-refractivity contribution in [1.82, 2.24) is 4.37 Å². The average molecular weight is 279 g/mol. The molecule has 0 saturated carbocycles. The standard InChI is InChI=1S/C12H13N3O3S/c1-12(2,3)18-11(16)13-10-8-6-7(14-17)4-5-9(8)19-15-10/h4-6H,1-3H3,(H,13,15,16). The highest BCUT2D eigenvalue weighted by Gasteiger charge is 2.18. The number of rotatable bonds is 2. The van der Waals surface area contributed by atoms with Gasteiger partial charge in [0.2, 0.25) is 0 Å². The first-order valence-corrected chi connectivity index (χ1v) is 6.39. The molecule has 0 unspecified atom stereocenters. The van der Waals surface area contributed by atoms with Gasteiger partial charge in [0.05, 0.1) is 4.70 Å². The van der Waals surface area contributed by atoms with Crippen LogP contribution in [0.5, 0.6) is 0 Å². The van der Waals surface area contributed by atoms with Gasteiger partial charge in [0.15, 0.2) is 5.82 Å². The molecule has 7 heteroatoms. The average Bonchev–Trinajstić information content (AvgIpc) is 2.69. The number of hydrogen-bond donors (Lipinski definition) is 1. The Labute approximate surface area is 113 Å². The lowest BCUT2D eigenvalue weighted by atomic mass is 10.2. The van der Waals surface area contributed by atoms with Crippen LogP contribution in [0.4, 0.5) is 16.3 Å². The van der Waals surface area contributed by atoms with Crippen molar-refractivity contribution in [1.29, 1.82) is 0 Å². The maximum Gasteiger partial charge on any atom is 0.413 e. The van der Waals surface area contributed by atoms with Crippen molar-refractivity contribution in [2.45, 2.75) is 26.4 Å². The topological polar surface area (TPSA) is 80.7 Å². The molecule has 0 saturated heterocycles. The molecule has 0 aliphatic rings. The number of nitroso groups, excluding NO2 is 1. The van der Waals surface area contributed by atoms with E-state index in [2.05, 4.69) is 14.9 Å². The Morgan fingerprint density at radius 3 is 2.79 bits per heavy atom. The van der Waals surface area contributed by atoms with E-state index in [1.807, 2.05) is 0 Å². The van der Waals surface area contributed by atoms with Crippen LogP contribution in [0.25, 0.3) is 10.1 Å². The zero-order chi connectivity index (χ0) is 14.0. The molecule has 100 valence electrons. The first-order chi connectivity index (χ1) is 8.89. The van der Waals surface area contributed by atoms with Crippen molar-refractivity contribution >= 4 is 39.2 Å². The molecular formula is C12H13N3O3S. The van der Waals surface area contributed by atoms with E-state index in [9.17, 15) is 9.70 Å². The number of amides is 1. The van der Waals surface area contributed by atoms with E-state index in [0.29, 0.717) is 16.9 Å². The van der Waals surface area contributed by atoms with Crippen LogP contribution in [0.3, 0.4) is 0 Å². The molecule has 1 aromatic carbocycles. The molecule has 1 aromatic heterocycles. The van der Waals surface area contributed by atoms with E-state index < -0.39 is 11.7 Å². The van der Waals surface area contributed by atoms with Gasteiger partial charge in [-0.1, -0.05) is 0 Å². The molecule has 1 heterocycles. The van der Waals surface area contributed by atoms with Gasteiger partial charge in [-0.2, -0.15) is 4.37 Å². The van der Waals surface area contributed by atoms with Crippen molar-refractivity contribution in [2.75, 3.05) is 5.32 Å². The summed E-state index contributed by atoms with van der Waals surface area (Å²) < 4.78 is 10.1. The highest BCUT2D eigenvalue weighted by atomic mass is 32.1. The smallest absolute Gasteiger partial charge is 0.413 e. The fourth-order valence-electron chi connectivity index (χ4n) is 1.47. The highest BCUT2D eigenvalue weighted by molar-refractivity contribution is 7.13. The van der Waals surface area contributed by atoms with Gasteiger partial charge in [-0.05, 0) is 55.7 Å². The van der Waals surface area contributed by atoms with Gasteiger partial charge in [0, 0.05) is 5.39 Å². The van der Waals surface area contributed by atoms with Crippen LogP contribution < -0.4 is 5.32 Å². The number of carbonyl (C=O) groups excluding carboxylic acids is 1. The number of ether oxygens (including phenoxy) is 1. The maximum absolute atomic E-state index is 11.7. The van der Waals surface area contributed by atoms with Gasteiger partial charge in [-0.25, -0.2) is 4.79 Å². The summed E-state index contributed by atoms with van der Waals surface area (Å²) in [6.45, 7) is 5.33. The molecule has 19 heavy (non-hydrogen) atoms. The van der Waals surface area contributed by atoms with Gasteiger partial charge in [0.25, 0.3) is 0 Å². The van der Waals surface area contributed by atoms with Crippen LogP contribution in [-0.2, 0) is 4.74 Å². The van der Waals surface area contributed by atoms with E-state index >= 15 is 0 Å². The quantitative estimate of drug-likeness (QED) is 0.841. The third kappa shape index (κ3) is 3.25. The van der Waals surface area contributed by atoms with Crippen LogP contribution in [0.15, 0.2) is 23.4 Å². The van der Waals surface area contributed by atoms with Gasteiger partial charge in [-0.15, -0.1) is 4.91 Å². The van der Waals surface area contributed by atoms with Gasteiger partial charge in [-0.3, -0.25) is 5.32 Å². The van der Waals surface area contributed by atoms with Gasteiger partial charge < -0.3 is 4.74 Å². The number of aromatic nitrogens is 1. The van der Waals surface area contributed by atoms with Crippen LogP contribution in [0.2, 0.25) is 0 Å². The zero-order valence-electron chi connectivity index (χ0n) is 10.8. The van der Waals surface area contributed by atoms with Crippen molar-refractivity contribution in [2.24, 2.45) is 5.18 Å². The van der Waals surface area contributed by atoms with E-state index in [4.69, 9.17) is 4.74 Å². The number of hydrogen-bond acceptors (Lipinski definition) is 6. The molecule has 1 amide bonds. The normalized spacial score (nSPS) is 11.3. The van der Waals surface area contributed by atoms with Crippen molar-refractivity contribution in [3.63, 3.8) is 0 Å². The Kier molecular flexibility index (Phi) is 3.48. The Bertz CT molecular complexity index is 631. The molecule has 0 fully saturated rings. The summed E-state index contributed by atoms with van der Waals surface area (Å²) in [5, 5.41) is 6.10. The summed E-state index contributed by atoms with van der Waals surface area (Å²) in [5.41, 5.74) is -0.286. The summed E-state index contributed by atoms with van der Waals surface area (Å²) in [7, 11) is 0. The molecule has 2 rings (SSSR count). The second kappa shape index (κ2) is 4.93. The minimum absolute atomic E-state index is 0.292. The molecule has 0 radical (unpaired) electrons. The van der Waals surface area contributed by atoms with Crippen LogP contribution >= 0.6 is 11.5 Å². The first kappa shape index (κ1) is 13.4. The van der Waals surface area contributed by atoms with E-state index in [1.54, 1.807) is 39.0 Å². The molecule has 2 aromatic rings. The number of fused-ring (bicyclic) bond motifs is 1. The molecule has 1 N–H and O–H groups in total. The highest BCUT2D eigenvalue weighted by Crippen LogP contribution is 2.30. The monoisotopic (exact) mass is 279 g/mol. The van der Waals surface area contributed by atoms with E-state index in [1.165, 1.54) is 11.5 Å². The predicted octanol–water partition coefficient (Wildman–Crippen LogP) is 4.04. The number of nitrogens with one attached hydrogen (secondary N) is 1. The molecular weight excluding hydrogens is 266 g/mol. The van der Waals surface area contributed by atoms with E-state index in [-0.39, 0.29) is 0 Å². The van der Waals surface area contributed by atoms with Crippen LogP contribution in [0.1, 0.15) is 20.8 Å². The lowest BCUT2D eigenvalue weighted by Gasteiger charge is -2.19. The zero-order valence-corrected chi connectivity index (χ0v) is 11.6. The number of carbonyl (C=O) groups is 1. The summed E-state index contributed by atoms with van der Waals surface area (Å²) in [6, 6.07) is 4.92. The van der Waals surface area contributed by atoms with Crippen molar-refractivity contribution in [3.05, 3.63) is 23.1 Å². The molecule has 0 spiro atoms. The Balaban J connectivity index is 2.25. The number of anilines is 1. The summed E-state index contributed by atoms with van der Waals surface area (Å²) in [4.78, 5) is 22.2. The maximum atomic E-state index is 11.7. The fraction of sp³-hybridized carbons (Fsp3) is 0.333. The SMILES string of the molecule is CC(C)(C)OC(=O)Nc1nsc2ccc(N=O)cc12. The molecule has 6 nitrogen and oxygen atoms in total. The Morgan fingerprint density at radius 1 is 1.42 bits per heavy atom. The van der Waals surface area contributed by atoms with Crippen molar-refractivity contribution in [3.8, 4) is 0 Å². The Morgan fingerprint density at radius 2 is 2.16 bits per heavy atom.